The lowest BCUT2D eigenvalue weighted by atomic mass is 10.0. The molecule has 0 saturated carbocycles. The number of fused-ring (bicyclic) bond motifs is 3. The van der Waals surface area contributed by atoms with Gasteiger partial charge in [0.05, 0.1) is 34.6 Å². The summed E-state index contributed by atoms with van der Waals surface area (Å²) >= 11 is 0. The van der Waals surface area contributed by atoms with Gasteiger partial charge in [0, 0.05) is 33.7 Å². The number of nitrogens with zero attached hydrogens (tertiary/aromatic N) is 6. The lowest BCUT2D eigenvalue weighted by Gasteiger charge is -2.10. The van der Waals surface area contributed by atoms with Crippen molar-refractivity contribution in [3.63, 3.8) is 0 Å². The predicted molar refractivity (Wildman–Crippen MR) is 204 cm³/mol. The lowest BCUT2D eigenvalue weighted by Crippen LogP contribution is -2.00. The van der Waals surface area contributed by atoms with Gasteiger partial charge in [-0.1, -0.05) is 109 Å². The molecule has 0 saturated heterocycles. The Kier molecular flexibility index (Phi) is 7.42. The molecule has 238 valence electrons. The molecular weight excluding hydrogens is 625 g/mol. The van der Waals surface area contributed by atoms with Crippen molar-refractivity contribution in [1.29, 1.82) is 5.26 Å². The molecule has 0 radical (unpaired) electrons. The Morgan fingerprint density at radius 2 is 0.902 bits per heavy atom. The molecule has 0 N–H and O–H groups in total. The monoisotopic (exact) mass is 652 g/mol. The summed E-state index contributed by atoms with van der Waals surface area (Å²) < 4.78 is 2.18. The molecule has 0 spiro atoms. The van der Waals surface area contributed by atoms with Crippen LogP contribution in [0.2, 0.25) is 0 Å². The van der Waals surface area contributed by atoms with Gasteiger partial charge in [0.25, 0.3) is 0 Å². The fourth-order valence-electron chi connectivity index (χ4n) is 6.64. The number of benzene rings is 6. The molecule has 6 nitrogen and oxygen atoms in total. The second-order valence-corrected chi connectivity index (χ2v) is 12.3. The van der Waals surface area contributed by atoms with Crippen LogP contribution >= 0.6 is 0 Å². The zero-order chi connectivity index (χ0) is 34.1. The molecule has 0 atom stereocenters. The Hall–Kier alpha value is -7.23. The number of hydrogen-bond donors (Lipinski definition) is 0. The molecule has 0 aliphatic carbocycles. The summed E-state index contributed by atoms with van der Waals surface area (Å²) in [6, 6.07) is 55.7. The maximum Gasteiger partial charge on any atom is 0.164 e. The summed E-state index contributed by atoms with van der Waals surface area (Å²) in [5, 5.41) is 11.7. The van der Waals surface area contributed by atoms with Gasteiger partial charge in [-0.15, -0.1) is 0 Å². The van der Waals surface area contributed by atoms with Crippen LogP contribution in [0.5, 0.6) is 0 Å². The van der Waals surface area contributed by atoms with E-state index in [1.165, 1.54) is 0 Å². The van der Waals surface area contributed by atoms with E-state index in [-0.39, 0.29) is 0 Å². The molecule has 9 rings (SSSR count). The topological polar surface area (TPSA) is 80.3 Å². The molecule has 3 aromatic heterocycles. The van der Waals surface area contributed by atoms with Crippen LogP contribution in [-0.4, -0.2) is 24.5 Å². The van der Waals surface area contributed by atoms with Crippen LogP contribution in [0.25, 0.3) is 83.9 Å². The molecule has 9 aromatic rings. The van der Waals surface area contributed by atoms with Crippen LogP contribution in [-0.2, 0) is 0 Å². The molecule has 0 aliphatic heterocycles. The van der Waals surface area contributed by atoms with Gasteiger partial charge in [-0.2, -0.15) is 5.26 Å². The highest BCUT2D eigenvalue weighted by Gasteiger charge is 2.17. The minimum absolute atomic E-state index is 0.565. The van der Waals surface area contributed by atoms with Crippen LogP contribution in [0.3, 0.4) is 0 Å². The van der Waals surface area contributed by atoms with E-state index in [4.69, 9.17) is 15.0 Å². The molecule has 0 bridgehead atoms. The van der Waals surface area contributed by atoms with E-state index in [2.05, 4.69) is 107 Å². The quantitative estimate of drug-likeness (QED) is 0.179. The average Bonchev–Trinajstić information content (AvgIpc) is 3.54. The summed E-state index contributed by atoms with van der Waals surface area (Å²) in [7, 11) is 0. The number of rotatable bonds is 6. The maximum absolute atomic E-state index is 9.77. The van der Waals surface area contributed by atoms with Crippen LogP contribution in [0.1, 0.15) is 5.56 Å². The number of pyridine rings is 1. The van der Waals surface area contributed by atoms with Crippen molar-refractivity contribution in [2.24, 2.45) is 0 Å². The van der Waals surface area contributed by atoms with Crippen LogP contribution in [0, 0.1) is 11.3 Å². The van der Waals surface area contributed by atoms with E-state index in [1.54, 1.807) is 6.20 Å². The van der Waals surface area contributed by atoms with Crippen LogP contribution < -0.4 is 0 Å². The fourth-order valence-corrected chi connectivity index (χ4v) is 6.64. The van der Waals surface area contributed by atoms with E-state index in [0.29, 0.717) is 23.0 Å². The molecule has 51 heavy (non-hydrogen) atoms. The molecule has 0 unspecified atom stereocenters. The van der Waals surface area contributed by atoms with Crippen LogP contribution in [0.15, 0.2) is 170 Å². The highest BCUT2D eigenvalue weighted by atomic mass is 15.0. The van der Waals surface area contributed by atoms with Crippen molar-refractivity contribution in [3.05, 3.63) is 176 Å². The van der Waals surface area contributed by atoms with Crippen molar-refractivity contribution in [3.8, 4) is 68.2 Å². The summed E-state index contributed by atoms with van der Waals surface area (Å²) in [4.78, 5) is 19.5. The standard InChI is InChI=1S/C45H28N6/c46-28-30-13-23-41-39(26-30)40-27-37(22-24-42(40)51(41)38-12-7-25-47-29-38)45-49-43(35-18-14-33(15-19-35)31-8-3-1-4-9-31)48-44(50-45)36-20-16-34(17-21-36)32-10-5-2-6-11-32/h1-27,29H. The average molecular weight is 653 g/mol. The zero-order valence-electron chi connectivity index (χ0n) is 27.3. The summed E-state index contributed by atoms with van der Waals surface area (Å²) in [6.07, 6.45) is 3.62. The SMILES string of the molecule is N#Cc1ccc2c(c1)c1cc(-c3nc(-c4ccc(-c5ccccc5)cc4)nc(-c4ccc(-c5ccccc5)cc4)n3)ccc1n2-c1cccnc1. The third-order valence-electron chi connectivity index (χ3n) is 9.19. The molecule has 0 fully saturated rings. The normalized spacial score (nSPS) is 11.1. The van der Waals surface area contributed by atoms with Crippen molar-refractivity contribution < 1.29 is 0 Å². The number of nitriles is 1. The Morgan fingerprint density at radius 3 is 1.43 bits per heavy atom. The highest BCUT2D eigenvalue weighted by molar-refractivity contribution is 6.10. The van der Waals surface area contributed by atoms with Crippen molar-refractivity contribution in [1.82, 2.24) is 24.5 Å². The lowest BCUT2D eigenvalue weighted by molar-refractivity contribution is 1.07. The molecule has 0 amide bonds. The minimum atomic E-state index is 0.565. The minimum Gasteiger partial charge on any atom is -0.308 e. The molecule has 3 heterocycles. The molecular formula is C45H28N6. The van der Waals surface area contributed by atoms with Crippen molar-refractivity contribution in [2.45, 2.75) is 0 Å². The highest BCUT2D eigenvalue weighted by Crippen LogP contribution is 2.36. The smallest absolute Gasteiger partial charge is 0.164 e. The van der Waals surface area contributed by atoms with Gasteiger partial charge in [-0.3, -0.25) is 4.98 Å². The van der Waals surface area contributed by atoms with Gasteiger partial charge in [0.2, 0.25) is 0 Å². The first-order valence-corrected chi connectivity index (χ1v) is 16.7. The van der Waals surface area contributed by atoms with E-state index >= 15 is 0 Å². The Bertz CT molecular complexity index is 2610. The van der Waals surface area contributed by atoms with Gasteiger partial charge in [-0.25, -0.2) is 15.0 Å². The summed E-state index contributed by atoms with van der Waals surface area (Å²) in [6.45, 7) is 0. The summed E-state index contributed by atoms with van der Waals surface area (Å²) in [5.41, 5.74) is 10.7. The van der Waals surface area contributed by atoms with Crippen molar-refractivity contribution >= 4 is 21.8 Å². The maximum atomic E-state index is 9.77. The van der Waals surface area contributed by atoms with Gasteiger partial charge in [-0.05, 0) is 70.8 Å². The van der Waals surface area contributed by atoms with Gasteiger partial charge in [0.15, 0.2) is 17.5 Å². The van der Waals surface area contributed by atoms with Crippen molar-refractivity contribution in [2.75, 3.05) is 0 Å². The first-order valence-electron chi connectivity index (χ1n) is 16.7. The van der Waals surface area contributed by atoms with E-state index in [9.17, 15) is 5.26 Å². The Morgan fingerprint density at radius 1 is 0.431 bits per heavy atom. The number of aromatic nitrogens is 5. The predicted octanol–water partition coefficient (Wildman–Crippen LogP) is 10.6. The largest absolute Gasteiger partial charge is 0.308 e. The number of hydrogen-bond acceptors (Lipinski definition) is 5. The molecule has 6 heteroatoms. The van der Waals surface area contributed by atoms with Gasteiger partial charge < -0.3 is 4.57 Å². The van der Waals surface area contributed by atoms with E-state index in [1.807, 2.05) is 72.9 Å². The Balaban J connectivity index is 1.21. The van der Waals surface area contributed by atoms with E-state index < -0.39 is 0 Å². The molecule has 0 aliphatic rings. The summed E-state index contributed by atoms with van der Waals surface area (Å²) in [5.74, 6) is 1.74. The molecule has 6 aromatic carbocycles. The van der Waals surface area contributed by atoms with Gasteiger partial charge in [0.1, 0.15) is 0 Å². The van der Waals surface area contributed by atoms with E-state index in [0.717, 1.165) is 66.4 Å². The fraction of sp³-hybridized carbons (Fsp3) is 0. The third kappa shape index (κ3) is 5.59. The first-order chi connectivity index (χ1) is 25.2. The second-order valence-electron chi connectivity index (χ2n) is 12.3. The third-order valence-corrected chi connectivity index (χ3v) is 9.19. The van der Waals surface area contributed by atoms with Gasteiger partial charge >= 0.3 is 0 Å². The van der Waals surface area contributed by atoms with Crippen LogP contribution in [0.4, 0.5) is 0 Å². The zero-order valence-corrected chi connectivity index (χ0v) is 27.3. The Labute approximate surface area is 294 Å². The second kappa shape index (κ2) is 12.7. The first kappa shape index (κ1) is 29.9.